The van der Waals surface area contributed by atoms with Crippen LogP contribution in [0.25, 0.3) is 5.52 Å². The van der Waals surface area contributed by atoms with Crippen molar-refractivity contribution in [2.24, 2.45) is 5.92 Å². The summed E-state index contributed by atoms with van der Waals surface area (Å²) in [6.45, 7) is 7.33. The second-order valence-corrected chi connectivity index (χ2v) is 8.16. The van der Waals surface area contributed by atoms with Crippen LogP contribution in [-0.2, 0) is 11.2 Å². The molecule has 1 aliphatic rings. The maximum Gasteiger partial charge on any atom is 0.274 e. The zero-order valence-corrected chi connectivity index (χ0v) is 17.4. The van der Waals surface area contributed by atoms with Gasteiger partial charge in [-0.2, -0.15) is 0 Å². The molecule has 1 fully saturated rings. The summed E-state index contributed by atoms with van der Waals surface area (Å²) < 4.78 is 2.02. The molecule has 0 unspecified atom stereocenters. The molecule has 2 aromatic rings. The first-order chi connectivity index (χ1) is 13.4. The average Bonchev–Trinajstić information content (AvgIpc) is 3.03. The number of imidazole rings is 1. The summed E-state index contributed by atoms with van der Waals surface area (Å²) in [5.41, 5.74) is 1.37. The fourth-order valence-electron chi connectivity index (χ4n) is 3.55. The molecule has 0 aliphatic carbocycles. The SMILES string of the molecule is CC(C)Cc1nc(C(=O)N2CCN(C(=O)CCN(C)C)CC2)c2ccccn12. The van der Waals surface area contributed by atoms with Gasteiger partial charge in [0.05, 0.1) is 5.52 Å². The molecule has 0 saturated carbocycles. The van der Waals surface area contributed by atoms with Gasteiger partial charge < -0.3 is 19.1 Å². The molecule has 152 valence electrons. The zero-order chi connectivity index (χ0) is 20.3. The topological polar surface area (TPSA) is 61.2 Å². The molecule has 0 aromatic carbocycles. The number of carbonyl (C=O) groups is 2. The number of amides is 2. The van der Waals surface area contributed by atoms with Crippen LogP contribution in [0.4, 0.5) is 0 Å². The Kier molecular flexibility index (Phi) is 6.34. The Bertz CT molecular complexity index is 834. The van der Waals surface area contributed by atoms with E-state index in [1.165, 1.54) is 0 Å². The molecule has 0 bridgehead atoms. The van der Waals surface area contributed by atoms with Crippen molar-refractivity contribution in [1.29, 1.82) is 0 Å². The van der Waals surface area contributed by atoms with Gasteiger partial charge in [-0.3, -0.25) is 9.59 Å². The Morgan fingerprint density at radius 1 is 1.11 bits per heavy atom. The number of rotatable bonds is 6. The molecule has 0 atom stereocenters. The summed E-state index contributed by atoms with van der Waals surface area (Å²) in [5, 5.41) is 0. The lowest BCUT2D eigenvalue weighted by Gasteiger charge is -2.34. The van der Waals surface area contributed by atoms with Gasteiger partial charge in [-0.05, 0) is 32.1 Å². The van der Waals surface area contributed by atoms with E-state index in [9.17, 15) is 9.59 Å². The molecular formula is C21H31N5O2. The van der Waals surface area contributed by atoms with E-state index in [4.69, 9.17) is 4.98 Å². The van der Waals surface area contributed by atoms with E-state index in [0.29, 0.717) is 44.2 Å². The van der Waals surface area contributed by atoms with E-state index in [-0.39, 0.29) is 11.8 Å². The fraction of sp³-hybridized carbons (Fsp3) is 0.571. The first kappa shape index (κ1) is 20.3. The Hall–Kier alpha value is -2.41. The van der Waals surface area contributed by atoms with Crippen LogP contribution in [0.5, 0.6) is 0 Å². The summed E-state index contributed by atoms with van der Waals surface area (Å²) in [5.74, 6) is 1.50. The Balaban J connectivity index is 1.69. The zero-order valence-electron chi connectivity index (χ0n) is 17.4. The minimum absolute atomic E-state index is 0.0425. The van der Waals surface area contributed by atoms with E-state index in [1.807, 2.05) is 57.6 Å². The second-order valence-electron chi connectivity index (χ2n) is 8.16. The molecule has 2 amide bonds. The van der Waals surface area contributed by atoms with Crippen molar-refractivity contribution in [2.75, 3.05) is 46.8 Å². The molecule has 0 N–H and O–H groups in total. The van der Waals surface area contributed by atoms with Crippen molar-refractivity contribution >= 4 is 17.3 Å². The van der Waals surface area contributed by atoms with Crippen LogP contribution in [0.1, 0.15) is 36.6 Å². The van der Waals surface area contributed by atoms with E-state index < -0.39 is 0 Å². The number of hydrogen-bond acceptors (Lipinski definition) is 4. The number of hydrogen-bond donors (Lipinski definition) is 0. The van der Waals surface area contributed by atoms with Crippen LogP contribution in [0, 0.1) is 5.92 Å². The highest BCUT2D eigenvalue weighted by atomic mass is 16.2. The third kappa shape index (κ3) is 4.52. The first-order valence-corrected chi connectivity index (χ1v) is 10.0. The van der Waals surface area contributed by atoms with Crippen LogP contribution in [0.15, 0.2) is 24.4 Å². The van der Waals surface area contributed by atoms with Gasteiger partial charge in [0.1, 0.15) is 5.82 Å². The van der Waals surface area contributed by atoms with Gasteiger partial charge in [-0.1, -0.05) is 19.9 Å². The van der Waals surface area contributed by atoms with Crippen LogP contribution in [-0.4, -0.2) is 82.7 Å². The summed E-state index contributed by atoms with van der Waals surface area (Å²) >= 11 is 0. The number of carbonyl (C=O) groups excluding carboxylic acids is 2. The van der Waals surface area contributed by atoms with E-state index in [1.54, 1.807) is 0 Å². The Labute approximate surface area is 166 Å². The van der Waals surface area contributed by atoms with Gasteiger partial charge in [-0.25, -0.2) is 4.98 Å². The number of fused-ring (bicyclic) bond motifs is 1. The van der Waals surface area contributed by atoms with Crippen LogP contribution in [0.2, 0.25) is 0 Å². The highest BCUT2D eigenvalue weighted by molar-refractivity contribution is 5.99. The average molecular weight is 386 g/mol. The van der Waals surface area contributed by atoms with Crippen LogP contribution < -0.4 is 0 Å². The molecule has 7 heteroatoms. The number of nitrogens with zero attached hydrogens (tertiary/aromatic N) is 5. The third-order valence-corrected chi connectivity index (χ3v) is 5.11. The molecule has 3 rings (SSSR count). The molecule has 3 heterocycles. The van der Waals surface area contributed by atoms with E-state index in [0.717, 1.165) is 24.3 Å². The predicted molar refractivity (Wildman–Crippen MR) is 109 cm³/mol. The summed E-state index contributed by atoms with van der Waals surface area (Å²) in [4.78, 5) is 35.8. The largest absolute Gasteiger partial charge is 0.339 e. The Morgan fingerprint density at radius 3 is 2.43 bits per heavy atom. The van der Waals surface area contributed by atoms with Crippen LogP contribution in [0.3, 0.4) is 0 Å². The first-order valence-electron chi connectivity index (χ1n) is 10.0. The molecule has 0 radical (unpaired) electrons. The van der Waals surface area contributed by atoms with Crippen LogP contribution >= 0.6 is 0 Å². The van der Waals surface area contributed by atoms with E-state index >= 15 is 0 Å². The molecule has 2 aromatic heterocycles. The van der Waals surface area contributed by atoms with Gasteiger partial charge >= 0.3 is 0 Å². The Morgan fingerprint density at radius 2 is 1.79 bits per heavy atom. The maximum absolute atomic E-state index is 13.1. The maximum atomic E-state index is 13.1. The van der Waals surface area contributed by atoms with Crippen molar-refractivity contribution in [3.63, 3.8) is 0 Å². The minimum Gasteiger partial charge on any atom is -0.339 e. The highest BCUT2D eigenvalue weighted by Gasteiger charge is 2.27. The van der Waals surface area contributed by atoms with Crippen molar-refractivity contribution in [3.05, 3.63) is 35.9 Å². The number of aromatic nitrogens is 2. The number of piperazine rings is 1. The standard InChI is InChI=1S/C21H31N5O2/c1-16(2)15-18-22-20(17-7-5-6-9-26(17)18)21(28)25-13-11-24(12-14-25)19(27)8-10-23(3)4/h5-7,9,16H,8,10-15H2,1-4H3. The van der Waals surface area contributed by atoms with Crippen molar-refractivity contribution in [1.82, 2.24) is 24.1 Å². The lowest BCUT2D eigenvalue weighted by atomic mass is 10.1. The van der Waals surface area contributed by atoms with Gasteiger partial charge in [0.15, 0.2) is 5.69 Å². The quantitative estimate of drug-likeness (QED) is 0.760. The third-order valence-electron chi connectivity index (χ3n) is 5.11. The summed E-state index contributed by atoms with van der Waals surface area (Å²) in [7, 11) is 3.93. The smallest absolute Gasteiger partial charge is 0.274 e. The molecule has 7 nitrogen and oxygen atoms in total. The molecular weight excluding hydrogens is 354 g/mol. The number of pyridine rings is 1. The van der Waals surface area contributed by atoms with Gasteiger partial charge in [0, 0.05) is 51.8 Å². The summed E-state index contributed by atoms with van der Waals surface area (Å²) in [6, 6.07) is 5.85. The van der Waals surface area contributed by atoms with Crippen molar-refractivity contribution in [3.8, 4) is 0 Å². The predicted octanol–water partition coefficient (Wildman–Crippen LogP) is 1.77. The van der Waals surface area contributed by atoms with Gasteiger partial charge in [-0.15, -0.1) is 0 Å². The molecule has 28 heavy (non-hydrogen) atoms. The normalized spacial score (nSPS) is 15.1. The second kappa shape index (κ2) is 8.73. The lowest BCUT2D eigenvalue weighted by molar-refractivity contribution is -0.132. The molecule has 1 saturated heterocycles. The van der Waals surface area contributed by atoms with E-state index in [2.05, 4.69) is 13.8 Å². The molecule has 1 aliphatic heterocycles. The fourth-order valence-corrected chi connectivity index (χ4v) is 3.55. The highest BCUT2D eigenvalue weighted by Crippen LogP contribution is 2.18. The van der Waals surface area contributed by atoms with Crippen molar-refractivity contribution in [2.45, 2.75) is 26.7 Å². The van der Waals surface area contributed by atoms with Gasteiger partial charge in [0.2, 0.25) is 5.91 Å². The van der Waals surface area contributed by atoms with Gasteiger partial charge in [0.25, 0.3) is 5.91 Å². The monoisotopic (exact) mass is 385 g/mol. The summed E-state index contributed by atoms with van der Waals surface area (Å²) in [6.07, 6.45) is 3.32. The molecule has 0 spiro atoms. The minimum atomic E-state index is -0.0425. The van der Waals surface area contributed by atoms with Crippen molar-refractivity contribution < 1.29 is 9.59 Å². The lowest BCUT2D eigenvalue weighted by Crippen LogP contribution is -2.51.